The van der Waals surface area contributed by atoms with E-state index in [1.807, 2.05) is 24.8 Å². The van der Waals surface area contributed by atoms with Gasteiger partial charge in [0, 0.05) is 25.2 Å². The highest BCUT2D eigenvalue weighted by atomic mass is 32.2. The lowest BCUT2D eigenvalue weighted by atomic mass is 9.90. The Kier molecular flexibility index (Phi) is 8.30. The number of nitrogens with one attached hydrogen (secondary N) is 1. The maximum Gasteiger partial charge on any atom is 0.281 e. The molecule has 2 aliphatic heterocycles. The third-order valence-electron chi connectivity index (χ3n) is 7.69. The third kappa shape index (κ3) is 6.16. The highest BCUT2D eigenvalue weighted by Gasteiger charge is 2.41. The lowest BCUT2D eigenvalue weighted by molar-refractivity contribution is 0.0981. The molecule has 2 aromatic heterocycles. The molecule has 4 rings (SSSR count). The maximum absolute atomic E-state index is 13.4. The molecule has 1 unspecified atom stereocenters. The number of nitrogen functional groups attached to an aromatic ring is 1. The average molecular weight is 591 g/mol. The van der Waals surface area contributed by atoms with Crippen molar-refractivity contribution in [3.8, 4) is 0 Å². The lowest BCUT2D eigenvalue weighted by Gasteiger charge is -2.37. The average Bonchev–Trinajstić information content (AvgIpc) is 3.14. The standard InChI is InChI=1S/C27H38N6O5S2/c1-18(2)17-39(35,36)32-14-7-8-20(16-32)22-12-11-21(25(29-22)33-15-13-19(3)27(33,4)5)26(34)31-40(37,38)24-10-6-9-23(28)30-24/h6,8-12,18-19H,7,13-17H2,1-5H3,(H2,28,30)(H,31,34). The molecule has 0 radical (unpaired) electrons. The molecule has 1 atom stereocenters. The second-order valence-electron chi connectivity index (χ2n) is 11.4. The Balaban J connectivity index is 1.71. The van der Waals surface area contributed by atoms with Gasteiger partial charge in [0.2, 0.25) is 10.0 Å². The van der Waals surface area contributed by atoms with Gasteiger partial charge in [0.15, 0.2) is 5.03 Å². The first-order valence-electron chi connectivity index (χ1n) is 13.4. The van der Waals surface area contributed by atoms with Gasteiger partial charge in [-0.25, -0.2) is 23.1 Å². The molecule has 1 amide bonds. The Labute approximate surface area is 237 Å². The van der Waals surface area contributed by atoms with Crippen molar-refractivity contribution < 1.29 is 21.6 Å². The molecule has 0 aromatic carbocycles. The number of hydrogen-bond acceptors (Lipinski definition) is 9. The van der Waals surface area contributed by atoms with Crippen LogP contribution in [0.4, 0.5) is 11.6 Å². The van der Waals surface area contributed by atoms with Crippen molar-refractivity contribution in [2.75, 3.05) is 36.0 Å². The van der Waals surface area contributed by atoms with Gasteiger partial charge in [0.25, 0.3) is 15.9 Å². The zero-order valence-corrected chi connectivity index (χ0v) is 25.2. The fraction of sp³-hybridized carbons (Fsp3) is 0.519. The van der Waals surface area contributed by atoms with Crippen LogP contribution in [0.2, 0.25) is 0 Å². The van der Waals surface area contributed by atoms with Gasteiger partial charge in [-0.05, 0) is 68.4 Å². The molecule has 0 saturated carbocycles. The summed E-state index contributed by atoms with van der Waals surface area (Å²) >= 11 is 0. The summed E-state index contributed by atoms with van der Waals surface area (Å²) in [7, 11) is -7.73. The van der Waals surface area contributed by atoms with Crippen LogP contribution in [0.25, 0.3) is 5.57 Å². The van der Waals surface area contributed by atoms with Crippen molar-refractivity contribution in [1.82, 2.24) is 19.0 Å². The Bertz CT molecular complexity index is 1540. The minimum atomic E-state index is -4.30. The summed E-state index contributed by atoms with van der Waals surface area (Å²) in [6.07, 6.45) is 3.39. The number of hydrogen-bond donors (Lipinski definition) is 2. The molecule has 1 saturated heterocycles. The van der Waals surface area contributed by atoms with Crippen LogP contribution in [0.15, 0.2) is 41.4 Å². The SMILES string of the molecule is CC(C)CS(=O)(=O)N1CCC=C(c2ccc(C(=O)NS(=O)(=O)c3cccc(N)n3)c(N3CCC(C)C3(C)C)n2)C1. The second kappa shape index (κ2) is 11.1. The first-order chi connectivity index (χ1) is 18.6. The van der Waals surface area contributed by atoms with Gasteiger partial charge in [0.1, 0.15) is 11.6 Å². The molecule has 2 aliphatic rings. The molecule has 13 heteroatoms. The number of nitrogens with two attached hydrogens (primary N) is 1. The van der Waals surface area contributed by atoms with Gasteiger partial charge in [-0.1, -0.05) is 32.9 Å². The predicted molar refractivity (Wildman–Crippen MR) is 156 cm³/mol. The van der Waals surface area contributed by atoms with E-state index in [1.165, 1.54) is 22.5 Å². The number of pyridine rings is 2. The molecular formula is C27H38N6O5S2. The number of aromatic nitrogens is 2. The molecule has 40 heavy (non-hydrogen) atoms. The highest BCUT2D eigenvalue weighted by Crippen LogP contribution is 2.39. The van der Waals surface area contributed by atoms with Gasteiger partial charge in [-0.3, -0.25) is 4.79 Å². The van der Waals surface area contributed by atoms with Crippen LogP contribution in [-0.4, -0.2) is 67.9 Å². The van der Waals surface area contributed by atoms with Gasteiger partial charge in [-0.15, -0.1) is 0 Å². The summed E-state index contributed by atoms with van der Waals surface area (Å²) in [4.78, 5) is 24.2. The minimum Gasteiger partial charge on any atom is -0.384 e. The number of amides is 1. The second-order valence-corrected chi connectivity index (χ2v) is 15.1. The van der Waals surface area contributed by atoms with Gasteiger partial charge in [-0.2, -0.15) is 12.7 Å². The van der Waals surface area contributed by atoms with Crippen molar-refractivity contribution in [2.45, 2.75) is 58.0 Å². The Morgan fingerprint density at radius 1 is 1.12 bits per heavy atom. The Hall–Kier alpha value is -3.03. The monoisotopic (exact) mass is 590 g/mol. The number of nitrogens with zero attached hydrogens (tertiary/aromatic N) is 4. The van der Waals surface area contributed by atoms with E-state index in [2.05, 4.69) is 30.5 Å². The number of carbonyl (C=O) groups excluding carboxylic acids is 1. The summed E-state index contributed by atoms with van der Waals surface area (Å²) in [5.74, 6) is -0.121. The van der Waals surface area contributed by atoms with Crippen LogP contribution < -0.4 is 15.4 Å². The van der Waals surface area contributed by atoms with Crippen molar-refractivity contribution >= 4 is 43.2 Å². The van der Waals surface area contributed by atoms with E-state index in [4.69, 9.17) is 10.7 Å². The topological polar surface area (TPSA) is 156 Å². The summed E-state index contributed by atoms with van der Waals surface area (Å²) < 4.78 is 55.3. The molecule has 0 bridgehead atoms. The highest BCUT2D eigenvalue weighted by molar-refractivity contribution is 7.90. The maximum atomic E-state index is 13.4. The number of sulfonamides is 2. The molecule has 11 nitrogen and oxygen atoms in total. The molecular weight excluding hydrogens is 552 g/mol. The lowest BCUT2D eigenvalue weighted by Crippen LogP contribution is -2.44. The first-order valence-corrected chi connectivity index (χ1v) is 16.5. The van der Waals surface area contributed by atoms with E-state index < -0.39 is 26.0 Å². The van der Waals surface area contributed by atoms with E-state index in [1.54, 1.807) is 12.1 Å². The molecule has 0 aliphatic carbocycles. The van der Waals surface area contributed by atoms with E-state index in [0.717, 1.165) is 12.0 Å². The van der Waals surface area contributed by atoms with Gasteiger partial charge >= 0.3 is 0 Å². The summed E-state index contributed by atoms with van der Waals surface area (Å²) in [5, 5.41) is -0.364. The third-order valence-corrected chi connectivity index (χ3v) is 11.1. The summed E-state index contributed by atoms with van der Waals surface area (Å²) in [6.45, 7) is 11.2. The van der Waals surface area contributed by atoms with Crippen molar-refractivity contribution in [1.29, 1.82) is 0 Å². The quantitative estimate of drug-likeness (QED) is 0.472. The molecule has 218 valence electrons. The Morgan fingerprint density at radius 3 is 2.48 bits per heavy atom. The summed E-state index contributed by atoms with van der Waals surface area (Å²) in [6, 6.07) is 7.35. The van der Waals surface area contributed by atoms with Crippen molar-refractivity contribution in [2.24, 2.45) is 11.8 Å². The molecule has 1 fully saturated rings. The minimum absolute atomic E-state index is 0.0000676. The Morgan fingerprint density at radius 2 is 1.85 bits per heavy atom. The zero-order valence-electron chi connectivity index (χ0n) is 23.6. The van der Waals surface area contributed by atoms with E-state index in [9.17, 15) is 21.6 Å². The van der Waals surface area contributed by atoms with E-state index in [0.29, 0.717) is 36.9 Å². The number of carbonyl (C=O) groups is 1. The van der Waals surface area contributed by atoms with Crippen LogP contribution in [0, 0.1) is 11.8 Å². The van der Waals surface area contributed by atoms with Crippen LogP contribution in [0.1, 0.15) is 63.5 Å². The van der Waals surface area contributed by atoms with E-state index in [-0.39, 0.29) is 40.2 Å². The van der Waals surface area contributed by atoms with Crippen molar-refractivity contribution in [3.05, 3.63) is 47.7 Å². The van der Waals surface area contributed by atoms with Crippen LogP contribution in [0.5, 0.6) is 0 Å². The fourth-order valence-electron chi connectivity index (χ4n) is 5.10. The van der Waals surface area contributed by atoms with Crippen LogP contribution in [-0.2, 0) is 20.0 Å². The largest absolute Gasteiger partial charge is 0.384 e. The fourth-order valence-corrected chi connectivity index (χ4v) is 7.81. The van der Waals surface area contributed by atoms with Gasteiger partial charge < -0.3 is 10.6 Å². The molecule has 3 N–H and O–H groups in total. The first kappa shape index (κ1) is 29.9. The van der Waals surface area contributed by atoms with E-state index >= 15 is 0 Å². The molecule has 4 heterocycles. The van der Waals surface area contributed by atoms with Crippen LogP contribution in [0.3, 0.4) is 0 Å². The summed E-state index contributed by atoms with van der Waals surface area (Å²) in [5.41, 5.74) is 6.67. The van der Waals surface area contributed by atoms with Crippen molar-refractivity contribution in [3.63, 3.8) is 0 Å². The molecule has 0 spiro atoms. The number of rotatable bonds is 8. The van der Waals surface area contributed by atoms with Gasteiger partial charge in [0.05, 0.1) is 17.0 Å². The smallest absolute Gasteiger partial charge is 0.281 e. The predicted octanol–water partition coefficient (Wildman–Crippen LogP) is 2.88. The molecule has 2 aromatic rings. The van der Waals surface area contributed by atoms with Crippen LogP contribution >= 0.6 is 0 Å². The zero-order chi connectivity index (χ0) is 29.5. The number of anilines is 2. The normalized spacial score (nSPS) is 20.0.